The molecule has 0 aromatic heterocycles. The van der Waals surface area contributed by atoms with Crippen LogP contribution >= 0.6 is 0 Å². The molecule has 1 atom stereocenters. The van der Waals surface area contributed by atoms with Crippen molar-refractivity contribution in [2.45, 2.75) is 19.4 Å². The van der Waals surface area contributed by atoms with Crippen LogP contribution in [-0.4, -0.2) is 21.6 Å². The second-order valence-electron chi connectivity index (χ2n) is 7.00. The maximum absolute atomic E-state index is 13.2. The number of hydrogen-bond donors (Lipinski definition) is 0. The first-order chi connectivity index (χ1) is 14.0. The molecule has 0 bridgehead atoms. The number of amides is 1. The fourth-order valence-corrected chi connectivity index (χ4v) is 3.41. The maximum atomic E-state index is 13.2. The molecule has 0 saturated carbocycles. The number of aryl methyl sites for hydroxylation is 1. The average molecular weight is 385 g/mol. The van der Waals surface area contributed by atoms with Crippen molar-refractivity contribution < 1.29 is 9.72 Å². The van der Waals surface area contributed by atoms with E-state index in [-0.39, 0.29) is 17.6 Å². The van der Waals surface area contributed by atoms with E-state index in [9.17, 15) is 14.9 Å². The highest BCUT2D eigenvalue weighted by atomic mass is 16.6. The first kappa shape index (κ1) is 18.6. The first-order valence-electron chi connectivity index (χ1n) is 9.30. The lowest BCUT2D eigenvalue weighted by atomic mass is 9.98. The van der Waals surface area contributed by atoms with E-state index in [2.05, 4.69) is 5.10 Å². The third kappa shape index (κ3) is 3.78. The first-order valence-corrected chi connectivity index (χ1v) is 9.30. The van der Waals surface area contributed by atoms with E-state index in [0.717, 1.165) is 22.4 Å². The fourth-order valence-electron chi connectivity index (χ4n) is 3.41. The van der Waals surface area contributed by atoms with Crippen molar-refractivity contribution >= 4 is 17.3 Å². The number of carbonyl (C=O) groups is 1. The van der Waals surface area contributed by atoms with Gasteiger partial charge in [-0.3, -0.25) is 14.9 Å². The third-order valence-electron chi connectivity index (χ3n) is 5.01. The molecule has 1 aliphatic heterocycles. The number of nitrogens with zero attached hydrogens (tertiary/aromatic N) is 3. The summed E-state index contributed by atoms with van der Waals surface area (Å²) in [6, 6.07) is 23.1. The van der Waals surface area contributed by atoms with Gasteiger partial charge in [0.2, 0.25) is 0 Å². The Morgan fingerprint density at radius 3 is 2.28 bits per heavy atom. The molecule has 0 radical (unpaired) electrons. The predicted octanol–water partition coefficient (Wildman–Crippen LogP) is 4.89. The molecule has 1 amide bonds. The molecule has 0 aliphatic carbocycles. The van der Waals surface area contributed by atoms with E-state index in [0.29, 0.717) is 12.0 Å². The van der Waals surface area contributed by atoms with Gasteiger partial charge in [-0.1, -0.05) is 60.2 Å². The second kappa shape index (κ2) is 7.67. The van der Waals surface area contributed by atoms with Gasteiger partial charge in [-0.2, -0.15) is 5.10 Å². The van der Waals surface area contributed by atoms with Crippen LogP contribution in [0.1, 0.15) is 39.5 Å². The van der Waals surface area contributed by atoms with E-state index in [1.807, 2.05) is 49.4 Å². The van der Waals surface area contributed by atoms with Gasteiger partial charge in [0, 0.05) is 24.1 Å². The lowest BCUT2D eigenvalue weighted by Crippen LogP contribution is -2.27. The van der Waals surface area contributed by atoms with Crippen LogP contribution in [0.25, 0.3) is 0 Å². The summed E-state index contributed by atoms with van der Waals surface area (Å²) >= 11 is 0. The number of hydrogen-bond acceptors (Lipinski definition) is 4. The zero-order valence-corrected chi connectivity index (χ0v) is 15.9. The molecule has 3 aromatic rings. The van der Waals surface area contributed by atoms with Gasteiger partial charge in [0.25, 0.3) is 11.6 Å². The SMILES string of the molecule is Cc1ccc(C(=O)N2N=C(c3ccccc3)CC2c2ccc([N+](=O)[O-])cc2)cc1. The Kier molecular flexibility index (Phi) is 4.91. The molecule has 0 N–H and O–H groups in total. The molecule has 0 spiro atoms. The standard InChI is InChI=1S/C23H19N3O3/c1-16-7-9-19(10-8-16)23(27)25-22(18-11-13-20(14-12-18)26(28)29)15-21(24-25)17-5-3-2-4-6-17/h2-14,22H,15H2,1H3. The van der Waals surface area contributed by atoms with Crippen molar-refractivity contribution in [3.8, 4) is 0 Å². The highest BCUT2D eigenvalue weighted by molar-refractivity contribution is 6.05. The summed E-state index contributed by atoms with van der Waals surface area (Å²) in [5.41, 5.74) is 4.23. The molecule has 1 heterocycles. The van der Waals surface area contributed by atoms with Crippen molar-refractivity contribution in [2.75, 3.05) is 0 Å². The molecular weight excluding hydrogens is 366 g/mol. The molecule has 0 saturated heterocycles. The Morgan fingerprint density at radius 2 is 1.66 bits per heavy atom. The van der Waals surface area contributed by atoms with Crippen molar-refractivity contribution in [1.29, 1.82) is 0 Å². The summed E-state index contributed by atoms with van der Waals surface area (Å²) in [6.45, 7) is 1.97. The molecule has 1 aliphatic rings. The average Bonchev–Trinajstić information content (AvgIpc) is 3.20. The molecule has 29 heavy (non-hydrogen) atoms. The molecule has 0 fully saturated rings. The Hall–Kier alpha value is -3.80. The number of benzene rings is 3. The van der Waals surface area contributed by atoms with Crippen molar-refractivity contribution in [3.63, 3.8) is 0 Å². The molecule has 144 valence electrons. The number of non-ortho nitro benzene ring substituents is 1. The van der Waals surface area contributed by atoms with Crippen LogP contribution < -0.4 is 0 Å². The van der Waals surface area contributed by atoms with Crippen LogP contribution in [0.5, 0.6) is 0 Å². The highest BCUT2D eigenvalue weighted by Crippen LogP contribution is 2.34. The van der Waals surface area contributed by atoms with Gasteiger partial charge in [0.1, 0.15) is 0 Å². The Balaban J connectivity index is 1.71. The van der Waals surface area contributed by atoms with Crippen LogP contribution in [0.4, 0.5) is 5.69 Å². The summed E-state index contributed by atoms with van der Waals surface area (Å²) in [6.07, 6.45) is 0.541. The minimum absolute atomic E-state index is 0.0207. The number of carbonyl (C=O) groups excluding carboxylic acids is 1. The number of hydrazone groups is 1. The van der Waals surface area contributed by atoms with Crippen molar-refractivity contribution in [1.82, 2.24) is 5.01 Å². The van der Waals surface area contributed by atoms with Gasteiger partial charge in [-0.15, -0.1) is 0 Å². The van der Waals surface area contributed by atoms with E-state index in [4.69, 9.17) is 0 Å². The lowest BCUT2D eigenvalue weighted by Gasteiger charge is -2.22. The summed E-state index contributed by atoms with van der Waals surface area (Å²) in [5.74, 6) is -0.195. The quantitative estimate of drug-likeness (QED) is 0.474. The van der Waals surface area contributed by atoms with Crippen LogP contribution in [0.3, 0.4) is 0 Å². The highest BCUT2D eigenvalue weighted by Gasteiger charge is 2.33. The smallest absolute Gasteiger partial charge is 0.267 e. The summed E-state index contributed by atoms with van der Waals surface area (Å²) < 4.78 is 0. The minimum Gasteiger partial charge on any atom is -0.267 e. The van der Waals surface area contributed by atoms with Crippen molar-refractivity contribution in [3.05, 3.63) is 111 Å². The molecule has 6 heteroatoms. The zero-order chi connectivity index (χ0) is 20.4. The summed E-state index contributed by atoms with van der Waals surface area (Å²) in [7, 11) is 0. The lowest BCUT2D eigenvalue weighted by molar-refractivity contribution is -0.384. The van der Waals surface area contributed by atoms with Crippen LogP contribution in [-0.2, 0) is 0 Å². The molecule has 4 rings (SSSR count). The third-order valence-corrected chi connectivity index (χ3v) is 5.01. The van der Waals surface area contributed by atoms with Gasteiger partial charge < -0.3 is 0 Å². The second-order valence-corrected chi connectivity index (χ2v) is 7.00. The fraction of sp³-hybridized carbons (Fsp3) is 0.130. The Labute approximate surface area is 168 Å². The monoisotopic (exact) mass is 385 g/mol. The normalized spacial score (nSPS) is 15.8. The topological polar surface area (TPSA) is 75.8 Å². The Morgan fingerprint density at radius 1 is 1.00 bits per heavy atom. The van der Waals surface area contributed by atoms with E-state index >= 15 is 0 Å². The predicted molar refractivity (Wildman–Crippen MR) is 111 cm³/mol. The number of rotatable bonds is 4. The number of nitro benzene ring substituents is 1. The largest absolute Gasteiger partial charge is 0.274 e. The summed E-state index contributed by atoms with van der Waals surface area (Å²) in [4.78, 5) is 23.7. The van der Waals surface area contributed by atoms with Gasteiger partial charge in [0.15, 0.2) is 0 Å². The molecule has 3 aromatic carbocycles. The maximum Gasteiger partial charge on any atom is 0.274 e. The van der Waals surface area contributed by atoms with E-state index in [1.54, 1.807) is 24.3 Å². The molecule has 6 nitrogen and oxygen atoms in total. The van der Waals surface area contributed by atoms with Crippen molar-refractivity contribution in [2.24, 2.45) is 5.10 Å². The minimum atomic E-state index is -0.431. The summed E-state index contributed by atoms with van der Waals surface area (Å²) in [5, 5.41) is 17.1. The van der Waals surface area contributed by atoms with Gasteiger partial charge >= 0.3 is 0 Å². The zero-order valence-electron chi connectivity index (χ0n) is 15.9. The van der Waals surface area contributed by atoms with Gasteiger partial charge in [0.05, 0.1) is 16.7 Å². The van der Waals surface area contributed by atoms with Gasteiger partial charge in [-0.05, 0) is 30.2 Å². The van der Waals surface area contributed by atoms with Crippen LogP contribution in [0.15, 0.2) is 84.0 Å². The van der Waals surface area contributed by atoms with Gasteiger partial charge in [-0.25, -0.2) is 5.01 Å². The van der Waals surface area contributed by atoms with E-state index < -0.39 is 4.92 Å². The van der Waals surface area contributed by atoms with E-state index in [1.165, 1.54) is 17.1 Å². The van der Waals surface area contributed by atoms with Crippen LogP contribution in [0.2, 0.25) is 0 Å². The Bertz CT molecular complexity index is 1070. The number of nitro groups is 1. The molecular formula is C23H19N3O3. The van der Waals surface area contributed by atoms with Crippen LogP contribution in [0, 0.1) is 17.0 Å². The molecule has 1 unspecified atom stereocenters.